The summed E-state index contributed by atoms with van der Waals surface area (Å²) in [5.41, 5.74) is -0.322. The van der Waals surface area contributed by atoms with Crippen LogP contribution in [-0.4, -0.2) is 24.0 Å². The monoisotopic (exact) mass is 211 g/mol. The summed E-state index contributed by atoms with van der Waals surface area (Å²) in [4.78, 5) is 22.7. The summed E-state index contributed by atoms with van der Waals surface area (Å²) in [6, 6.07) is 0. The van der Waals surface area contributed by atoms with E-state index in [0.29, 0.717) is 18.5 Å². The fourth-order valence-electron chi connectivity index (χ4n) is 1.58. The number of hydrogen-bond acceptors (Lipinski definition) is 3. The van der Waals surface area contributed by atoms with Crippen LogP contribution < -0.4 is 5.32 Å². The number of ether oxygens (including phenoxy) is 1. The van der Waals surface area contributed by atoms with Crippen molar-refractivity contribution in [1.29, 1.82) is 0 Å². The van der Waals surface area contributed by atoms with E-state index in [-0.39, 0.29) is 12.3 Å². The number of carbonyl (C=O) groups excluding carboxylic acids is 2. The molecule has 1 amide bonds. The van der Waals surface area contributed by atoms with Gasteiger partial charge in [-0.3, -0.25) is 4.79 Å². The molecule has 1 atom stereocenters. The van der Waals surface area contributed by atoms with Gasteiger partial charge in [-0.25, -0.2) is 4.79 Å². The second kappa shape index (κ2) is 4.47. The Morgan fingerprint density at radius 3 is 2.87 bits per heavy atom. The smallest absolute Gasteiger partial charge is 0.333 e. The molecule has 1 rings (SSSR count). The molecule has 1 fully saturated rings. The number of esters is 1. The van der Waals surface area contributed by atoms with E-state index in [1.54, 1.807) is 13.8 Å². The molecule has 0 aromatic rings. The molecule has 0 spiro atoms. The molecule has 4 heteroatoms. The SMILES string of the molecule is C=C(C)C(=O)OC1(C)CCCNC(=O)C1. The third-order valence-corrected chi connectivity index (χ3v) is 2.43. The summed E-state index contributed by atoms with van der Waals surface area (Å²) in [7, 11) is 0. The first-order chi connectivity index (χ1) is 6.93. The summed E-state index contributed by atoms with van der Waals surface area (Å²) >= 11 is 0. The van der Waals surface area contributed by atoms with Gasteiger partial charge in [-0.1, -0.05) is 6.58 Å². The van der Waals surface area contributed by atoms with E-state index in [4.69, 9.17) is 4.74 Å². The summed E-state index contributed by atoms with van der Waals surface area (Å²) in [5, 5.41) is 2.75. The molecule has 0 saturated carbocycles. The van der Waals surface area contributed by atoms with E-state index in [0.717, 1.165) is 6.42 Å². The lowest BCUT2D eigenvalue weighted by Crippen LogP contribution is -2.35. The van der Waals surface area contributed by atoms with Crippen molar-refractivity contribution in [2.45, 2.75) is 38.7 Å². The molecule has 1 N–H and O–H groups in total. The van der Waals surface area contributed by atoms with Crippen LogP contribution >= 0.6 is 0 Å². The molecule has 1 heterocycles. The van der Waals surface area contributed by atoms with Crippen LogP contribution in [0.1, 0.15) is 33.1 Å². The minimum absolute atomic E-state index is 0.0653. The standard InChI is InChI=1S/C11H17NO3/c1-8(2)10(14)15-11(3)5-4-6-12-9(13)7-11/h1,4-7H2,2-3H3,(H,12,13). The van der Waals surface area contributed by atoms with Gasteiger partial charge in [-0.15, -0.1) is 0 Å². The molecule has 0 radical (unpaired) electrons. The quantitative estimate of drug-likeness (QED) is 0.551. The first-order valence-electron chi connectivity index (χ1n) is 5.08. The zero-order valence-electron chi connectivity index (χ0n) is 9.26. The highest BCUT2D eigenvalue weighted by molar-refractivity contribution is 5.87. The summed E-state index contributed by atoms with van der Waals surface area (Å²) in [5.74, 6) is -0.489. The van der Waals surface area contributed by atoms with Crippen LogP contribution in [-0.2, 0) is 14.3 Å². The van der Waals surface area contributed by atoms with E-state index >= 15 is 0 Å². The number of hydrogen-bond donors (Lipinski definition) is 1. The fraction of sp³-hybridized carbons (Fsp3) is 0.636. The van der Waals surface area contributed by atoms with Crippen LogP contribution in [0.25, 0.3) is 0 Å². The molecule has 0 aromatic heterocycles. The van der Waals surface area contributed by atoms with Gasteiger partial charge in [0.05, 0.1) is 6.42 Å². The van der Waals surface area contributed by atoms with E-state index in [1.807, 2.05) is 0 Å². The van der Waals surface area contributed by atoms with Crippen LogP contribution in [0.5, 0.6) is 0 Å². The van der Waals surface area contributed by atoms with Crippen molar-refractivity contribution < 1.29 is 14.3 Å². The van der Waals surface area contributed by atoms with Crippen LogP contribution in [0, 0.1) is 0 Å². The van der Waals surface area contributed by atoms with Crippen molar-refractivity contribution in [2.24, 2.45) is 0 Å². The largest absolute Gasteiger partial charge is 0.455 e. The van der Waals surface area contributed by atoms with Crippen molar-refractivity contribution in [2.75, 3.05) is 6.54 Å². The highest BCUT2D eigenvalue weighted by atomic mass is 16.6. The van der Waals surface area contributed by atoms with Gasteiger partial charge in [0.15, 0.2) is 0 Å². The molecular weight excluding hydrogens is 194 g/mol. The Labute approximate surface area is 89.7 Å². The van der Waals surface area contributed by atoms with Crippen LogP contribution in [0.3, 0.4) is 0 Å². The minimum atomic E-state index is -0.684. The zero-order chi connectivity index (χ0) is 11.5. The minimum Gasteiger partial charge on any atom is -0.455 e. The summed E-state index contributed by atoms with van der Waals surface area (Å²) in [6.07, 6.45) is 1.75. The van der Waals surface area contributed by atoms with Gasteiger partial charge in [0.25, 0.3) is 0 Å². The molecule has 15 heavy (non-hydrogen) atoms. The maximum atomic E-state index is 11.4. The van der Waals surface area contributed by atoms with Crippen molar-refractivity contribution in [1.82, 2.24) is 5.32 Å². The normalized spacial score (nSPS) is 26.4. The van der Waals surface area contributed by atoms with E-state index in [9.17, 15) is 9.59 Å². The number of nitrogens with one attached hydrogen (secondary N) is 1. The third kappa shape index (κ3) is 3.38. The van der Waals surface area contributed by atoms with Crippen molar-refractivity contribution >= 4 is 11.9 Å². The average Bonchev–Trinajstić information content (AvgIpc) is 2.26. The van der Waals surface area contributed by atoms with Crippen molar-refractivity contribution in [3.63, 3.8) is 0 Å². The highest BCUT2D eigenvalue weighted by Gasteiger charge is 2.33. The topological polar surface area (TPSA) is 55.4 Å². The lowest BCUT2D eigenvalue weighted by atomic mass is 9.97. The average molecular weight is 211 g/mol. The third-order valence-electron chi connectivity index (χ3n) is 2.43. The molecular formula is C11H17NO3. The Kier molecular flexibility index (Phi) is 3.50. The summed E-state index contributed by atoms with van der Waals surface area (Å²) < 4.78 is 5.29. The number of amides is 1. The second-order valence-corrected chi connectivity index (χ2v) is 4.25. The predicted octanol–water partition coefficient (Wildman–Crippen LogP) is 1.16. The van der Waals surface area contributed by atoms with Gasteiger partial charge in [-0.05, 0) is 26.7 Å². The van der Waals surface area contributed by atoms with Crippen LogP contribution in [0.2, 0.25) is 0 Å². The zero-order valence-corrected chi connectivity index (χ0v) is 9.26. The Morgan fingerprint density at radius 1 is 1.60 bits per heavy atom. The number of carbonyl (C=O) groups is 2. The van der Waals surface area contributed by atoms with E-state index in [2.05, 4.69) is 11.9 Å². The van der Waals surface area contributed by atoms with Crippen molar-refractivity contribution in [3.05, 3.63) is 12.2 Å². The van der Waals surface area contributed by atoms with Crippen molar-refractivity contribution in [3.8, 4) is 0 Å². The van der Waals surface area contributed by atoms with Gasteiger partial charge < -0.3 is 10.1 Å². The van der Waals surface area contributed by atoms with Gasteiger partial charge >= 0.3 is 5.97 Å². The van der Waals surface area contributed by atoms with Gasteiger partial charge in [0.1, 0.15) is 5.60 Å². The molecule has 0 aromatic carbocycles. The first-order valence-corrected chi connectivity index (χ1v) is 5.08. The Bertz CT molecular complexity index is 298. The molecule has 1 aliphatic rings. The first kappa shape index (κ1) is 11.8. The van der Waals surface area contributed by atoms with E-state index in [1.165, 1.54) is 0 Å². The second-order valence-electron chi connectivity index (χ2n) is 4.25. The highest BCUT2D eigenvalue weighted by Crippen LogP contribution is 2.24. The lowest BCUT2D eigenvalue weighted by Gasteiger charge is -2.27. The molecule has 1 saturated heterocycles. The molecule has 4 nitrogen and oxygen atoms in total. The molecule has 1 aliphatic heterocycles. The van der Waals surface area contributed by atoms with Gasteiger partial charge in [0.2, 0.25) is 5.91 Å². The molecule has 1 unspecified atom stereocenters. The Balaban J connectivity index is 2.67. The lowest BCUT2D eigenvalue weighted by molar-refractivity contribution is -0.155. The molecule has 0 bridgehead atoms. The maximum absolute atomic E-state index is 11.4. The number of rotatable bonds is 2. The van der Waals surface area contributed by atoms with Gasteiger partial charge in [0, 0.05) is 12.1 Å². The van der Waals surface area contributed by atoms with Crippen LogP contribution in [0.4, 0.5) is 0 Å². The Morgan fingerprint density at radius 2 is 2.27 bits per heavy atom. The predicted molar refractivity (Wildman–Crippen MR) is 56.2 cm³/mol. The van der Waals surface area contributed by atoms with Crippen LogP contribution in [0.15, 0.2) is 12.2 Å². The fourth-order valence-corrected chi connectivity index (χ4v) is 1.58. The van der Waals surface area contributed by atoms with E-state index < -0.39 is 11.6 Å². The molecule has 0 aliphatic carbocycles. The maximum Gasteiger partial charge on any atom is 0.333 e. The molecule has 84 valence electrons. The van der Waals surface area contributed by atoms with Gasteiger partial charge in [-0.2, -0.15) is 0 Å². The Hall–Kier alpha value is -1.32. The summed E-state index contributed by atoms with van der Waals surface area (Å²) in [6.45, 7) is 7.56.